The van der Waals surface area contributed by atoms with E-state index in [2.05, 4.69) is 27.6 Å². The highest BCUT2D eigenvalue weighted by molar-refractivity contribution is 14.1. The molecule has 0 aliphatic heterocycles. The minimum atomic E-state index is -0.510. The number of rotatable bonds is 4. The van der Waals surface area contributed by atoms with Crippen LogP contribution in [0.1, 0.15) is 29.6 Å². The second-order valence-corrected chi connectivity index (χ2v) is 5.73. The topological polar surface area (TPSA) is 52.3 Å². The van der Waals surface area contributed by atoms with Crippen molar-refractivity contribution in [3.8, 4) is 11.5 Å². The maximum Gasteiger partial charge on any atom is 0.376 e. The average Bonchev–Trinajstić information content (AvgIpc) is 2.85. The van der Waals surface area contributed by atoms with Crippen LogP contribution in [0.5, 0.6) is 0 Å². The van der Waals surface area contributed by atoms with Crippen LogP contribution < -0.4 is 0 Å². The van der Waals surface area contributed by atoms with Gasteiger partial charge in [-0.25, -0.2) is 9.78 Å². The predicted molar refractivity (Wildman–Crippen MR) is 85.0 cm³/mol. The van der Waals surface area contributed by atoms with Crippen molar-refractivity contribution in [3.63, 3.8) is 0 Å². The Morgan fingerprint density at radius 3 is 2.85 bits per heavy atom. The fourth-order valence-electron chi connectivity index (χ4n) is 1.76. The number of aryl methyl sites for hydroxylation is 1. The first kappa shape index (κ1) is 15.3. The van der Waals surface area contributed by atoms with Crippen LogP contribution in [0.25, 0.3) is 11.5 Å². The molecule has 0 radical (unpaired) electrons. The number of carbonyl (C=O) groups excluding carboxylic acids is 1. The SMILES string of the molecule is CCCc1nc(-c2ccc(I)c(Cl)c2)oc1C(=O)OC. The predicted octanol–water partition coefficient (Wildman–Crippen LogP) is 4.34. The summed E-state index contributed by atoms with van der Waals surface area (Å²) in [5.41, 5.74) is 1.35. The number of oxazole rings is 1. The van der Waals surface area contributed by atoms with Gasteiger partial charge < -0.3 is 9.15 Å². The van der Waals surface area contributed by atoms with Crippen LogP contribution >= 0.6 is 34.2 Å². The fourth-order valence-corrected chi connectivity index (χ4v) is 2.28. The summed E-state index contributed by atoms with van der Waals surface area (Å²) >= 11 is 8.24. The van der Waals surface area contributed by atoms with E-state index in [9.17, 15) is 4.79 Å². The molecule has 1 aromatic heterocycles. The Morgan fingerprint density at radius 1 is 1.50 bits per heavy atom. The van der Waals surface area contributed by atoms with Gasteiger partial charge in [-0.3, -0.25) is 0 Å². The van der Waals surface area contributed by atoms with Crippen molar-refractivity contribution in [2.45, 2.75) is 19.8 Å². The summed E-state index contributed by atoms with van der Waals surface area (Å²) in [5, 5.41) is 0.623. The van der Waals surface area contributed by atoms with E-state index in [-0.39, 0.29) is 5.76 Å². The maximum atomic E-state index is 11.7. The van der Waals surface area contributed by atoms with Gasteiger partial charge in [-0.2, -0.15) is 0 Å². The number of hydrogen-bond acceptors (Lipinski definition) is 4. The van der Waals surface area contributed by atoms with Gasteiger partial charge in [0.1, 0.15) is 0 Å². The van der Waals surface area contributed by atoms with E-state index in [0.29, 0.717) is 23.0 Å². The Labute approximate surface area is 135 Å². The van der Waals surface area contributed by atoms with Crippen molar-refractivity contribution < 1.29 is 13.9 Å². The monoisotopic (exact) mass is 405 g/mol. The lowest BCUT2D eigenvalue weighted by Crippen LogP contribution is -2.03. The number of carbonyl (C=O) groups is 1. The molecule has 0 amide bonds. The van der Waals surface area contributed by atoms with Crippen LogP contribution in [0.4, 0.5) is 0 Å². The number of benzene rings is 1. The molecule has 0 aliphatic rings. The zero-order valence-corrected chi connectivity index (χ0v) is 14.0. The number of methoxy groups -OCH3 is 1. The molecule has 2 aromatic rings. The summed E-state index contributed by atoms with van der Waals surface area (Å²) in [6.45, 7) is 2.01. The van der Waals surface area contributed by atoms with Gasteiger partial charge in [0.2, 0.25) is 11.7 Å². The Hall–Kier alpha value is -1.08. The van der Waals surface area contributed by atoms with E-state index in [4.69, 9.17) is 20.8 Å². The standard InChI is InChI=1S/C14H13ClINO3/c1-3-4-11-12(14(18)19-2)20-13(17-11)8-5-6-10(16)9(15)7-8/h5-7H,3-4H2,1-2H3. The van der Waals surface area contributed by atoms with Gasteiger partial charge >= 0.3 is 5.97 Å². The Morgan fingerprint density at radius 2 is 2.25 bits per heavy atom. The lowest BCUT2D eigenvalue weighted by molar-refractivity contribution is 0.0564. The summed E-state index contributed by atoms with van der Waals surface area (Å²) in [5.74, 6) is 0.0370. The first-order chi connectivity index (χ1) is 9.56. The Kier molecular flexibility index (Phi) is 5.04. The van der Waals surface area contributed by atoms with Gasteiger partial charge in [-0.1, -0.05) is 24.9 Å². The largest absolute Gasteiger partial charge is 0.463 e. The van der Waals surface area contributed by atoms with Gasteiger partial charge in [-0.15, -0.1) is 0 Å². The summed E-state index contributed by atoms with van der Waals surface area (Å²) in [6, 6.07) is 5.50. The van der Waals surface area contributed by atoms with Gasteiger partial charge in [-0.05, 0) is 47.2 Å². The average molecular weight is 406 g/mol. The molecule has 0 saturated carbocycles. The van der Waals surface area contributed by atoms with Crippen molar-refractivity contribution in [1.29, 1.82) is 0 Å². The molecule has 1 heterocycles. The van der Waals surface area contributed by atoms with E-state index >= 15 is 0 Å². The second-order valence-electron chi connectivity index (χ2n) is 4.17. The number of hydrogen-bond donors (Lipinski definition) is 0. The van der Waals surface area contributed by atoms with Crippen molar-refractivity contribution in [2.24, 2.45) is 0 Å². The quantitative estimate of drug-likeness (QED) is 0.561. The molecule has 6 heteroatoms. The van der Waals surface area contributed by atoms with Crippen molar-refractivity contribution >= 4 is 40.2 Å². The molecule has 0 bridgehead atoms. The molecule has 0 fully saturated rings. The molecule has 0 saturated heterocycles. The maximum absolute atomic E-state index is 11.7. The molecule has 0 atom stereocenters. The molecule has 0 unspecified atom stereocenters. The minimum Gasteiger partial charge on any atom is -0.463 e. The van der Waals surface area contributed by atoms with E-state index in [1.807, 2.05) is 19.1 Å². The number of aromatic nitrogens is 1. The molecule has 20 heavy (non-hydrogen) atoms. The molecule has 0 aliphatic carbocycles. The van der Waals surface area contributed by atoms with Crippen LogP contribution in [-0.4, -0.2) is 18.1 Å². The first-order valence-electron chi connectivity index (χ1n) is 6.10. The highest BCUT2D eigenvalue weighted by Crippen LogP contribution is 2.28. The molecule has 1 aromatic carbocycles. The number of esters is 1. The summed E-state index contributed by atoms with van der Waals surface area (Å²) in [4.78, 5) is 16.1. The number of ether oxygens (including phenoxy) is 1. The molecule has 2 rings (SSSR count). The summed E-state index contributed by atoms with van der Waals surface area (Å²) < 4.78 is 11.2. The van der Waals surface area contributed by atoms with Crippen LogP contribution in [-0.2, 0) is 11.2 Å². The van der Waals surface area contributed by atoms with E-state index < -0.39 is 5.97 Å². The zero-order valence-electron chi connectivity index (χ0n) is 11.1. The van der Waals surface area contributed by atoms with Crippen molar-refractivity contribution in [2.75, 3.05) is 7.11 Å². The molecule has 0 N–H and O–H groups in total. The first-order valence-corrected chi connectivity index (χ1v) is 7.56. The highest BCUT2D eigenvalue weighted by Gasteiger charge is 2.21. The van der Waals surface area contributed by atoms with E-state index in [1.165, 1.54) is 7.11 Å². The van der Waals surface area contributed by atoms with Crippen molar-refractivity contribution in [1.82, 2.24) is 4.98 Å². The third-order valence-electron chi connectivity index (χ3n) is 2.72. The fraction of sp³-hybridized carbons (Fsp3) is 0.286. The van der Waals surface area contributed by atoms with Crippen LogP contribution in [0.15, 0.2) is 22.6 Å². The molecular formula is C14H13ClINO3. The van der Waals surface area contributed by atoms with Crippen molar-refractivity contribution in [3.05, 3.63) is 38.2 Å². The molecular weight excluding hydrogens is 393 g/mol. The molecule has 4 nitrogen and oxygen atoms in total. The van der Waals surface area contributed by atoms with Crippen LogP contribution in [0.2, 0.25) is 5.02 Å². The van der Waals surface area contributed by atoms with Gasteiger partial charge in [0.25, 0.3) is 0 Å². The van der Waals surface area contributed by atoms with Gasteiger partial charge in [0.05, 0.1) is 17.8 Å². The van der Waals surface area contributed by atoms with Crippen LogP contribution in [0.3, 0.4) is 0 Å². The normalized spacial score (nSPS) is 10.6. The lowest BCUT2D eigenvalue weighted by Gasteiger charge is -1.98. The minimum absolute atomic E-state index is 0.166. The third kappa shape index (κ3) is 3.15. The van der Waals surface area contributed by atoms with Gasteiger partial charge in [0, 0.05) is 9.13 Å². The smallest absolute Gasteiger partial charge is 0.376 e. The molecule has 106 valence electrons. The van der Waals surface area contributed by atoms with Gasteiger partial charge in [0.15, 0.2) is 0 Å². The van der Waals surface area contributed by atoms with E-state index in [0.717, 1.165) is 15.6 Å². The highest BCUT2D eigenvalue weighted by atomic mass is 127. The number of nitrogens with zero attached hydrogens (tertiary/aromatic N) is 1. The van der Waals surface area contributed by atoms with E-state index in [1.54, 1.807) is 6.07 Å². The second kappa shape index (κ2) is 6.58. The summed E-state index contributed by atoms with van der Waals surface area (Å²) in [6.07, 6.45) is 1.52. The zero-order chi connectivity index (χ0) is 14.7. The lowest BCUT2D eigenvalue weighted by atomic mass is 10.2. The Bertz CT molecular complexity index is 639. The summed E-state index contributed by atoms with van der Waals surface area (Å²) in [7, 11) is 1.32. The number of halogens is 2. The Balaban J connectivity index is 2.46. The third-order valence-corrected chi connectivity index (χ3v) is 4.29. The molecule has 0 spiro atoms. The van der Waals surface area contributed by atoms with Crippen LogP contribution in [0, 0.1) is 3.57 Å².